The first-order chi connectivity index (χ1) is 21.8. The van der Waals surface area contributed by atoms with Gasteiger partial charge in [0.2, 0.25) is 0 Å². The maximum atomic E-state index is 6.36. The summed E-state index contributed by atoms with van der Waals surface area (Å²) in [5.41, 5.74) is 8.40. The summed E-state index contributed by atoms with van der Waals surface area (Å²) in [5, 5.41) is 4.34. The molecular formula is C39H23N3O2. The van der Waals surface area contributed by atoms with Crippen molar-refractivity contribution in [3.63, 3.8) is 0 Å². The quantitative estimate of drug-likeness (QED) is 0.212. The summed E-state index contributed by atoms with van der Waals surface area (Å²) in [6.45, 7) is 0. The molecule has 9 aromatic rings. The van der Waals surface area contributed by atoms with Crippen molar-refractivity contribution in [1.82, 2.24) is 15.0 Å². The fourth-order valence-electron chi connectivity index (χ4n) is 5.94. The number of nitrogens with zero attached hydrogens (tertiary/aromatic N) is 3. The van der Waals surface area contributed by atoms with E-state index in [1.165, 1.54) is 0 Å². The fourth-order valence-corrected chi connectivity index (χ4v) is 5.94. The summed E-state index contributed by atoms with van der Waals surface area (Å²) >= 11 is 0. The number of para-hydroxylation sites is 1. The third-order valence-corrected chi connectivity index (χ3v) is 8.14. The second-order valence-corrected chi connectivity index (χ2v) is 10.9. The van der Waals surface area contributed by atoms with Crippen molar-refractivity contribution < 1.29 is 8.83 Å². The largest absolute Gasteiger partial charge is 0.456 e. The highest BCUT2D eigenvalue weighted by molar-refractivity contribution is 6.09. The van der Waals surface area contributed by atoms with Crippen molar-refractivity contribution in [3.8, 4) is 45.3 Å². The van der Waals surface area contributed by atoms with E-state index in [2.05, 4.69) is 48.5 Å². The molecule has 206 valence electrons. The van der Waals surface area contributed by atoms with E-state index in [4.69, 9.17) is 23.8 Å². The van der Waals surface area contributed by atoms with Crippen molar-refractivity contribution in [3.05, 3.63) is 140 Å². The minimum absolute atomic E-state index is 0.599. The average molecular weight is 566 g/mol. The smallest absolute Gasteiger partial charge is 0.164 e. The number of hydrogen-bond donors (Lipinski definition) is 0. The molecule has 0 bridgehead atoms. The zero-order valence-electron chi connectivity index (χ0n) is 23.4. The molecule has 6 aromatic carbocycles. The first kappa shape index (κ1) is 24.5. The van der Waals surface area contributed by atoms with Gasteiger partial charge in [-0.15, -0.1) is 0 Å². The van der Waals surface area contributed by atoms with Crippen molar-refractivity contribution in [1.29, 1.82) is 0 Å². The van der Waals surface area contributed by atoms with Crippen LogP contribution in [0.5, 0.6) is 0 Å². The lowest BCUT2D eigenvalue weighted by atomic mass is 10.0. The Morgan fingerprint density at radius 2 is 0.750 bits per heavy atom. The van der Waals surface area contributed by atoms with Crippen molar-refractivity contribution in [2.75, 3.05) is 0 Å². The molecule has 0 radical (unpaired) electrons. The molecule has 0 aliphatic carbocycles. The van der Waals surface area contributed by atoms with E-state index < -0.39 is 0 Å². The molecule has 0 spiro atoms. The molecule has 0 aliphatic rings. The minimum atomic E-state index is 0.599. The Balaban J connectivity index is 1.15. The molecule has 0 N–H and O–H groups in total. The summed E-state index contributed by atoms with van der Waals surface area (Å²) in [7, 11) is 0. The first-order valence-electron chi connectivity index (χ1n) is 14.5. The Kier molecular flexibility index (Phi) is 5.43. The maximum absolute atomic E-state index is 6.36. The van der Waals surface area contributed by atoms with Crippen LogP contribution < -0.4 is 0 Å². The minimum Gasteiger partial charge on any atom is -0.456 e. The van der Waals surface area contributed by atoms with Crippen LogP contribution in [0.2, 0.25) is 0 Å². The average Bonchev–Trinajstić information content (AvgIpc) is 3.66. The zero-order valence-corrected chi connectivity index (χ0v) is 23.4. The molecule has 3 aromatic heterocycles. The third kappa shape index (κ3) is 4.06. The van der Waals surface area contributed by atoms with Crippen LogP contribution in [0.15, 0.2) is 148 Å². The maximum Gasteiger partial charge on any atom is 0.164 e. The molecule has 0 amide bonds. The predicted octanol–water partition coefficient (Wildman–Crippen LogP) is 10.3. The third-order valence-electron chi connectivity index (χ3n) is 8.14. The fraction of sp³-hybridized carbons (Fsp3) is 0. The van der Waals surface area contributed by atoms with Gasteiger partial charge in [0.1, 0.15) is 22.3 Å². The number of hydrogen-bond acceptors (Lipinski definition) is 5. The molecule has 0 saturated carbocycles. The van der Waals surface area contributed by atoms with Crippen LogP contribution >= 0.6 is 0 Å². The highest BCUT2D eigenvalue weighted by atomic mass is 16.3. The predicted molar refractivity (Wildman–Crippen MR) is 176 cm³/mol. The molecule has 9 rings (SSSR count). The molecule has 3 heterocycles. The summed E-state index contributed by atoms with van der Waals surface area (Å²) in [5.74, 6) is 1.86. The number of rotatable bonds is 4. The van der Waals surface area contributed by atoms with Gasteiger partial charge in [-0.25, -0.2) is 15.0 Å². The zero-order chi connectivity index (χ0) is 29.0. The lowest BCUT2D eigenvalue weighted by Gasteiger charge is -2.08. The van der Waals surface area contributed by atoms with Crippen LogP contribution in [0, 0.1) is 0 Å². The molecular weight excluding hydrogens is 542 g/mol. The van der Waals surface area contributed by atoms with Gasteiger partial charge in [-0.2, -0.15) is 0 Å². The van der Waals surface area contributed by atoms with E-state index in [1.807, 2.05) is 91.0 Å². The summed E-state index contributed by atoms with van der Waals surface area (Å²) < 4.78 is 12.4. The number of fused-ring (bicyclic) bond motifs is 6. The molecule has 0 fully saturated rings. The van der Waals surface area contributed by atoms with Gasteiger partial charge in [0.15, 0.2) is 17.5 Å². The van der Waals surface area contributed by atoms with E-state index in [-0.39, 0.29) is 0 Å². The molecule has 0 saturated heterocycles. The van der Waals surface area contributed by atoms with Crippen LogP contribution in [0.3, 0.4) is 0 Å². The molecule has 5 nitrogen and oxygen atoms in total. The van der Waals surface area contributed by atoms with Crippen LogP contribution in [0.25, 0.3) is 89.2 Å². The standard InChI is InChI=1S/C39H23N3O2/c1-3-9-24(10-4-1)37-40-38(25-11-5-2-6-12-25)42-39(41-37)28-15-18-30-32-22-27(17-20-35(32)44-36(30)23-28)26-16-19-34-31(21-26)29-13-7-8-14-33(29)43-34/h1-23H. The van der Waals surface area contributed by atoms with Crippen LogP contribution in [-0.4, -0.2) is 15.0 Å². The van der Waals surface area contributed by atoms with Gasteiger partial charge in [0.05, 0.1) is 0 Å². The van der Waals surface area contributed by atoms with Crippen molar-refractivity contribution >= 4 is 43.9 Å². The second-order valence-electron chi connectivity index (χ2n) is 10.9. The van der Waals surface area contributed by atoms with Crippen LogP contribution in [-0.2, 0) is 0 Å². The van der Waals surface area contributed by atoms with Gasteiger partial charge in [-0.05, 0) is 53.6 Å². The van der Waals surface area contributed by atoms with Gasteiger partial charge in [-0.3, -0.25) is 0 Å². The van der Waals surface area contributed by atoms with E-state index in [1.54, 1.807) is 0 Å². The lowest BCUT2D eigenvalue weighted by Crippen LogP contribution is -2.00. The lowest BCUT2D eigenvalue weighted by molar-refractivity contribution is 0.668. The Bertz CT molecular complexity index is 2440. The number of furan rings is 2. The normalized spacial score (nSPS) is 11.6. The number of aromatic nitrogens is 3. The van der Waals surface area contributed by atoms with Gasteiger partial charge in [0.25, 0.3) is 0 Å². The second kappa shape index (κ2) is 9.75. The Morgan fingerprint density at radius 1 is 0.295 bits per heavy atom. The number of benzene rings is 6. The Morgan fingerprint density at radius 3 is 1.36 bits per heavy atom. The highest BCUT2D eigenvalue weighted by Gasteiger charge is 2.15. The highest BCUT2D eigenvalue weighted by Crippen LogP contribution is 2.37. The van der Waals surface area contributed by atoms with Crippen LogP contribution in [0.4, 0.5) is 0 Å². The Labute approximate surface area is 252 Å². The monoisotopic (exact) mass is 565 g/mol. The van der Waals surface area contributed by atoms with Crippen molar-refractivity contribution in [2.45, 2.75) is 0 Å². The SMILES string of the molecule is c1ccc(-c2nc(-c3ccccc3)nc(-c3ccc4c(c3)oc3ccc(-c5ccc6oc7ccccc7c6c5)cc34)n2)cc1. The van der Waals surface area contributed by atoms with Gasteiger partial charge in [0, 0.05) is 38.2 Å². The van der Waals surface area contributed by atoms with Crippen LogP contribution in [0.1, 0.15) is 0 Å². The van der Waals surface area contributed by atoms with Gasteiger partial charge < -0.3 is 8.83 Å². The summed E-state index contributed by atoms with van der Waals surface area (Å²) in [6, 6.07) is 47.1. The molecule has 0 aliphatic heterocycles. The van der Waals surface area contributed by atoms with E-state index in [0.29, 0.717) is 17.5 Å². The van der Waals surface area contributed by atoms with Gasteiger partial charge in [-0.1, -0.05) is 97.1 Å². The van der Waals surface area contributed by atoms with Gasteiger partial charge >= 0.3 is 0 Å². The van der Waals surface area contributed by atoms with E-state index in [9.17, 15) is 0 Å². The van der Waals surface area contributed by atoms with Crippen molar-refractivity contribution in [2.24, 2.45) is 0 Å². The Hall–Kier alpha value is -6.07. The van der Waals surface area contributed by atoms with E-state index in [0.717, 1.165) is 71.7 Å². The molecule has 0 atom stereocenters. The summed E-state index contributed by atoms with van der Waals surface area (Å²) in [6.07, 6.45) is 0. The first-order valence-corrected chi connectivity index (χ1v) is 14.5. The molecule has 5 heteroatoms. The topological polar surface area (TPSA) is 65.0 Å². The molecule has 44 heavy (non-hydrogen) atoms. The summed E-state index contributed by atoms with van der Waals surface area (Å²) in [4.78, 5) is 14.6. The molecule has 0 unspecified atom stereocenters. The van der Waals surface area contributed by atoms with E-state index >= 15 is 0 Å².